The molecule has 24 heavy (non-hydrogen) atoms. The van der Waals surface area contributed by atoms with E-state index in [0.29, 0.717) is 19.6 Å². The van der Waals surface area contributed by atoms with Crippen molar-refractivity contribution in [2.75, 3.05) is 30.9 Å². The minimum atomic E-state index is -3.41. The molecule has 1 aromatic heterocycles. The number of sulfone groups is 1. The monoisotopic (exact) mass is 376 g/mol. The molecule has 0 aliphatic carbocycles. The second-order valence-corrected chi connectivity index (χ2v) is 10.7. The molecule has 2 saturated heterocycles. The lowest BCUT2D eigenvalue weighted by Gasteiger charge is -2.42. The van der Waals surface area contributed by atoms with Crippen molar-refractivity contribution < 1.29 is 16.8 Å². The van der Waals surface area contributed by atoms with E-state index < -0.39 is 25.9 Å². The van der Waals surface area contributed by atoms with Gasteiger partial charge < -0.3 is 0 Å². The normalized spacial score (nSPS) is 28.1. The summed E-state index contributed by atoms with van der Waals surface area (Å²) in [6.45, 7) is 6.26. The molecule has 2 fully saturated rings. The zero-order valence-corrected chi connectivity index (χ0v) is 15.8. The van der Waals surface area contributed by atoms with Gasteiger partial charge >= 0.3 is 0 Å². The van der Waals surface area contributed by atoms with Gasteiger partial charge in [0, 0.05) is 43.5 Å². The van der Waals surface area contributed by atoms with Crippen molar-refractivity contribution in [1.82, 2.24) is 19.0 Å². The van der Waals surface area contributed by atoms with E-state index in [4.69, 9.17) is 0 Å². The van der Waals surface area contributed by atoms with Crippen LogP contribution in [0, 0.1) is 6.92 Å². The lowest BCUT2D eigenvalue weighted by molar-refractivity contribution is 0.0893. The Hall–Kier alpha value is -0.970. The number of hydrogen-bond acceptors (Lipinski definition) is 6. The van der Waals surface area contributed by atoms with Crippen molar-refractivity contribution in [2.24, 2.45) is 0 Å². The van der Waals surface area contributed by atoms with Gasteiger partial charge in [0.05, 0.1) is 30.0 Å². The van der Waals surface area contributed by atoms with Crippen LogP contribution in [-0.2, 0) is 33.0 Å². The third kappa shape index (κ3) is 3.24. The molecule has 2 aliphatic rings. The van der Waals surface area contributed by atoms with Crippen LogP contribution in [-0.4, -0.2) is 78.8 Å². The van der Waals surface area contributed by atoms with E-state index in [1.807, 2.05) is 24.7 Å². The second-order valence-electron chi connectivity index (χ2n) is 6.63. The lowest BCUT2D eigenvalue weighted by atomic mass is 10.1. The van der Waals surface area contributed by atoms with E-state index in [9.17, 15) is 16.8 Å². The highest BCUT2D eigenvalue weighted by molar-refractivity contribution is 7.92. The molecule has 8 nitrogen and oxygen atoms in total. The molecule has 136 valence electrons. The average Bonchev–Trinajstić information content (AvgIpc) is 2.97. The number of piperazine rings is 1. The zero-order chi connectivity index (χ0) is 17.7. The Labute approximate surface area is 143 Å². The molecule has 0 amide bonds. The van der Waals surface area contributed by atoms with Gasteiger partial charge in [0.15, 0.2) is 9.84 Å². The largest absolute Gasteiger partial charge is 0.292 e. The molecular formula is C14H24N4O4S2. The molecule has 3 heterocycles. The van der Waals surface area contributed by atoms with Crippen molar-refractivity contribution >= 4 is 19.9 Å². The fourth-order valence-electron chi connectivity index (χ4n) is 3.78. The van der Waals surface area contributed by atoms with Crippen LogP contribution in [0.2, 0.25) is 0 Å². The average molecular weight is 377 g/mol. The molecule has 0 spiro atoms. The number of aromatic nitrogens is 2. The van der Waals surface area contributed by atoms with Gasteiger partial charge in [0.25, 0.3) is 0 Å². The first kappa shape index (κ1) is 17.8. The topological polar surface area (TPSA) is 92.6 Å². The maximum Gasteiger partial charge on any atom is 0.211 e. The second kappa shape index (κ2) is 6.08. The van der Waals surface area contributed by atoms with E-state index in [-0.39, 0.29) is 17.5 Å². The molecule has 0 aromatic carbocycles. The Balaban J connectivity index is 1.87. The van der Waals surface area contributed by atoms with Crippen LogP contribution in [0.3, 0.4) is 0 Å². The molecule has 0 radical (unpaired) electrons. The first-order valence-corrected chi connectivity index (χ1v) is 11.7. The number of aryl methyl sites for hydroxylation is 1. The Bertz CT molecular complexity index is 831. The highest BCUT2D eigenvalue weighted by Gasteiger charge is 2.49. The summed E-state index contributed by atoms with van der Waals surface area (Å²) in [6, 6.07) is -0.775. The van der Waals surface area contributed by atoms with Gasteiger partial charge in [0.1, 0.15) is 0 Å². The number of nitrogens with zero attached hydrogens (tertiary/aromatic N) is 4. The van der Waals surface area contributed by atoms with Crippen LogP contribution in [0.1, 0.15) is 18.2 Å². The van der Waals surface area contributed by atoms with Gasteiger partial charge in [-0.15, -0.1) is 0 Å². The predicted octanol–water partition coefficient (Wildman–Crippen LogP) is -0.546. The molecule has 0 bridgehead atoms. The molecule has 3 rings (SSSR count). The maximum atomic E-state index is 12.1. The first-order chi connectivity index (χ1) is 11.1. The Morgan fingerprint density at radius 2 is 1.92 bits per heavy atom. The van der Waals surface area contributed by atoms with Crippen molar-refractivity contribution in [1.29, 1.82) is 0 Å². The minimum absolute atomic E-state index is 0.0185. The minimum Gasteiger partial charge on any atom is -0.292 e. The summed E-state index contributed by atoms with van der Waals surface area (Å²) >= 11 is 0. The number of rotatable bonds is 4. The summed E-state index contributed by atoms with van der Waals surface area (Å²) in [5.41, 5.74) is 2.13. The van der Waals surface area contributed by atoms with Gasteiger partial charge in [-0.3, -0.25) is 9.58 Å². The number of fused-ring (bicyclic) bond motifs is 1. The van der Waals surface area contributed by atoms with Gasteiger partial charge in [0.2, 0.25) is 10.0 Å². The van der Waals surface area contributed by atoms with Crippen molar-refractivity contribution in [3.05, 3.63) is 17.5 Å². The third-order valence-electron chi connectivity index (χ3n) is 5.04. The highest BCUT2D eigenvalue weighted by atomic mass is 32.2. The molecule has 0 N–H and O–H groups in total. The molecule has 0 unspecified atom stereocenters. The fraction of sp³-hybridized carbons (Fsp3) is 0.786. The van der Waals surface area contributed by atoms with Crippen LogP contribution in [0.5, 0.6) is 0 Å². The summed E-state index contributed by atoms with van der Waals surface area (Å²) in [6.07, 6.45) is 2.97. The summed E-state index contributed by atoms with van der Waals surface area (Å²) in [4.78, 5) is 2.10. The van der Waals surface area contributed by atoms with Crippen LogP contribution in [0.4, 0.5) is 0 Å². The third-order valence-corrected chi connectivity index (χ3v) is 8.05. The quantitative estimate of drug-likeness (QED) is 0.700. The van der Waals surface area contributed by atoms with Gasteiger partial charge in [-0.1, -0.05) is 0 Å². The van der Waals surface area contributed by atoms with E-state index in [1.54, 1.807) is 0 Å². The summed E-state index contributed by atoms with van der Waals surface area (Å²) in [5, 5.41) is 4.33. The summed E-state index contributed by atoms with van der Waals surface area (Å²) in [5.74, 6) is -0.0703. The van der Waals surface area contributed by atoms with Crippen molar-refractivity contribution in [2.45, 2.75) is 39.0 Å². The molecular weight excluding hydrogens is 352 g/mol. The molecule has 2 aliphatic heterocycles. The Morgan fingerprint density at radius 1 is 1.25 bits per heavy atom. The number of hydrogen-bond donors (Lipinski definition) is 0. The summed E-state index contributed by atoms with van der Waals surface area (Å²) < 4.78 is 51.5. The van der Waals surface area contributed by atoms with E-state index in [1.165, 1.54) is 4.31 Å². The molecule has 1 aromatic rings. The van der Waals surface area contributed by atoms with Crippen molar-refractivity contribution in [3.63, 3.8) is 0 Å². The van der Waals surface area contributed by atoms with Gasteiger partial charge in [-0.2, -0.15) is 9.40 Å². The molecule has 2 atom stereocenters. The predicted molar refractivity (Wildman–Crippen MR) is 90.8 cm³/mol. The van der Waals surface area contributed by atoms with Gasteiger partial charge in [-0.05, 0) is 13.8 Å². The fourth-order valence-corrected chi connectivity index (χ4v) is 7.01. The lowest BCUT2D eigenvalue weighted by Crippen LogP contribution is -2.59. The SMILES string of the molecule is CCn1ncc(CN2CCN(S(C)(=O)=O)[C@@H]3CS(=O)(=O)C[C@@H]32)c1C. The van der Waals surface area contributed by atoms with Crippen LogP contribution >= 0.6 is 0 Å². The van der Waals surface area contributed by atoms with Crippen LogP contribution in [0.25, 0.3) is 0 Å². The molecule has 0 saturated carbocycles. The van der Waals surface area contributed by atoms with Crippen LogP contribution in [0.15, 0.2) is 6.20 Å². The maximum absolute atomic E-state index is 12.1. The zero-order valence-electron chi connectivity index (χ0n) is 14.2. The first-order valence-electron chi connectivity index (χ1n) is 8.05. The number of sulfonamides is 1. The Morgan fingerprint density at radius 3 is 2.50 bits per heavy atom. The highest BCUT2D eigenvalue weighted by Crippen LogP contribution is 2.30. The van der Waals surface area contributed by atoms with E-state index >= 15 is 0 Å². The van der Waals surface area contributed by atoms with Crippen molar-refractivity contribution in [3.8, 4) is 0 Å². The standard InChI is InChI=1S/C14H24N4O4S2/c1-4-17-11(2)12(7-15-17)8-16-5-6-18(23(3,19)20)14-10-24(21,22)9-13(14)16/h7,13-14H,4-6,8-10H2,1-3H3/t13-,14+/m0/s1. The van der Waals surface area contributed by atoms with Gasteiger partial charge in [-0.25, -0.2) is 16.8 Å². The summed E-state index contributed by atoms with van der Waals surface area (Å²) in [7, 11) is -6.63. The molecule has 10 heteroatoms. The van der Waals surface area contributed by atoms with E-state index in [0.717, 1.165) is 24.1 Å². The smallest absolute Gasteiger partial charge is 0.211 e. The van der Waals surface area contributed by atoms with E-state index in [2.05, 4.69) is 10.00 Å². The Kier molecular flexibility index (Phi) is 4.52. The van der Waals surface area contributed by atoms with Crippen LogP contribution < -0.4 is 0 Å².